The number of carboxylic acid groups (broad SMARTS) is 1. The van der Waals surface area contributed by atoms with Crippen LogP contribution in [-0.2, 0) is 0 Å². The summed E-state index contributed by atoms with van der Waals surface area (Å²) in [6.07, 6.45) is 0. The van der Waals surface area contributed by atoms with E-state index in [9.17, 15) is 14.7 Å². The van der Waals surface area contributed by atoms with Crippen molar-refractivity contribution in [1.82, 2.24) is 10.2 Å². The Morgan fingerprint density at radius 3 is 2.26 bits per heavy atom. The number of rotatable bonds is 4. The van der Waals surface area contributed by atoms with Crippen molar-refractivity contribution in [1.29, 1.82) is 0 Å². The molecule has 3 aromatic carbocycles. The Morgan fingerprint density at radius 1 is 0.852 bits per heavy atom. The minimum atomic E-state index is -1.11. The molecule has 0 aliphatic heterocycles. The Labute approximate surface area is 153 Å². The quantitative estimate of drug-likeness (QED) is 0.573. The second kappa shape index (κ2) is 6.72. The van der Waals surface area contributed by atoms with Crippen molar-refractivity contribution in [2.45, 2.75) is 0 Å². The zero-order valence-electron chi connectivity index (χ0n) is 13.9. The van der Waals surface area contributed by atoms with Crippen molar-refractivity contribution in [2.24, 2.45) is 0 Å². The highest BCUT2D eigenvalue weighted by atomic mass is 16.4. The molecule has 27 heavy (non-hydrogen) atoms. The molecule has 4 rings (SSSR count). The Morgan fingerprint density at radius 2 is 1.56 bits per heavy atom. The Kier molecular flexibility index (Phi) is 4.10. The van der Waals surface area contributed by atoms with Gasteiger partial charge in [-0.1, -0.05) is 47.6 Å². The number of benzene rings is 3. The predicted molar refractivity (Wildman–Crippen MR) is 98.6 cm³/mol. The van der Waals surface area contributed by atoms with Gasteiger partial charge in [0.1, 0.15) is 0 Å². The summed E-state index contributed by atoms with van der Waals surface area (Å²) in [6.45, 7) is 0. The van der Waals surface area contributed by atoms with Gasteiger partial charge >= 0.3 is 12.0 Å². The van der Waals surface area contributed by atoms with Crippen molar-refractivity contribution < 1.29 is 19.1 Å². The average Bonchev–Trinajstić information content (AvgIpc) is 3.16. The maximum atomic E-state index is 12.7. The molecule has 0 unspecified atom stereocenters. The molecule has 0 saturated carbocycles. The number of carboxylic acids is 1. The fourth-order valence-corrected chi connectivity index (χ4v) is 2.84. The monoisotopic (exact) mass is 359 g/mol. The van der Waals surface area contributed by atoms with Gasteiger partial charge in [0.2, 0.25) is 5.89 Å². The van der Waals surface area contributed by atoms with E-state index >= 15 is 0 Å². The van der Waals surface area contributed by atoms with Gasteiger partial charge in [0.25, 0.3) is 5.91 Å². The van der Waals surface area contributed by atoms with Crippen LogP contribution in [0.1, 0.15) is 20.7 Å². The van der Waals surface area contributed by atoms with Crippen LogP contribution < -0.4 is 5.32 Å². The second-order valence-corrected chi connectivity index (χ2v) is 5.75. The lowest BCUT2D eigenvalue weighted by Gasteiger charge is -2.08. The molecule has 0 atom stereocenters. The van der Waals surface area contributed by atoms with Gasteiger partial charge in [-0.3, -0.25) is 10.1 Å². The average molecular weight is 359 g/mol. The molecule has 4 aromatic rings. The smallest absolute Gasteiger partial charge is 0.336 e. The first-order valence-electron chi connectivity index (χ1n) is 8.09. The van der Waals surface area contributed by atoms with Crippen LogP contribution >= 0.6 is 0 Å². The predicted octanol–water partition coefficient (Wildman–Crippen LogP) is 3.84. The summed E-state index contributed by atoms with van der Waals surface area (Å²) in [4.78, 5) is 24.3. The molecule has 2 N–H and O–H groups in total. The highest BCUT2D eigenvalue weighted by molar-refractivity contribution is 6.17. The Bertz CT molecular complexity index is 1150. The summed E-state index contributed by atoms with van der Waals surface area (Å²) in [5, 5.41) is 20.7. The number of carbonyl (C=O) groups is 2. The third-order valence-electron chi connectivity index (χ3n) is 4.05. The molecular formula is C20H13N3O4. The van der Waals surface area contributed by atoms with Crippen molar-refractivity contribution in [3.63, 3.8) is 0 Å². The third-order valence-corrected chi connectivity index (χ3v) is 4.05. The van der Waals surface area contributed by atoms with Crippen molar-refractivity contribution in [3.05, 3.63) is 77.9 Å². The van der Waals surface area contributed by atoms with Crippen LogP contribution in [0.4, 0.5) is 6.01 Å². The van der Waals surface area contributed by atoms with Crippen LogP contribution in [0.25, 0.3) is 22.2 Å². The van der Waals surface area contributed by atoms with Gasteiger partial charge in [-0.25, -0.2) is 4.79 Å². The molecular weight excluding hydrogens is 346 g/mol. The van der Waals surface area contributed by atoms with E-state index < -0.39 is 11.9 Å². The summed E-state index contributed by atoms with van der Waals surface area (Å²) < 4.78 is 5.48. The van der Waals surface area contributed by atoms with Crippen molar-refractivity contribution in [2.75, 3.05) is 5.32 Å². The highest BCUT2D eigenvalue weighted by Crippen LogP contribution is 2.25. The molecule has 1 heterocycles. The molecule has 0 aliphatic rings. The number of anilines is 1. The summed E-state index contributed by atoms with van der Waals surface area (Å²) >= 11 is 0. The first kappa shape index (κ1) is 16.5. The molecule has 7 heteroatoms. The molecule has 0 fully saturated rings. The number of amides is 1. The van der Waals surface area contributed by atoms with Crippen molar-refractivity contribution >= 4 is 28.7 Å². The molecule has 1 amide bonds. The molecule has 0 radical (unpaired) electrons. The van der Waals surface area contributed by atoms with E-state index in [-0.39, 0.29) is 23.0 Å². The summed E-state index contributed by atoms with van der Waals surface area (Å²) in [5.74, 6) is -1.36. The number of nitrogens with zero attached hydrogens (tertiary/aromatic N) is 2. The molecule has 0 bridgehead atoms. The van der Waals surface area contributed by atoms with E-state index in [1.165, 1.54) is 6.07 Å². The third kappa shape index (κ3) is 3.13. The SMILES string of the molecule is O=C(O)c1cccc2cccc(C(=O)Nc3nnc(-c4ccccc4)o3)c12. The first-order valence-corrected chi connectivity index (χ1v) is 8.09. The van der Waals surface area contributed by atoms with E-state index in [1.807, 2.05) is 30.3 Å². The molecule has 132 valence electrons. The van der Waals surface area contributed by atoms with Crippen LogP contribution in [0.3, 0.4) is 0 Å². The topological polar surface area (TPSA) is 105 Å². The lowest BCUT2D eigenvalue weighted by Crippen LogP contribution is -2.14. The normalized spacial score (nSPS) is 10.7. The largest absolute Gasteiger partial charge is 0.478 e. The Hall–Kier alpha value is -4.00. The molecule has 0 aliphatic carbocycles. The first-order chi connectivity index (χ1) is 13.1. The highest BCUT2D eigenvalue weighted by Gasteiger charge is 2.18. The molecule has 0 spiro atoms. The minimum Gasteiger partial charge on any atom is -0.478 e. The maximum Gasteiger partial charge on any atom is 0.336 e. The number of fused-ring (bicyclic) bond motifs is 1. The Balaban J connectivity index is 1.68. The van der Waals surface area contributed by atoms with Gasteiger partial charge in [-0.2, -0.15) is 0 Å². The number of carbonyl (C=O) groups excluding carboxylic acids is 1. The van der Waals surface area contributed by atoms with E-state index in [4.69, 9.17) is 4.42 Å². The van der Waals surface area contributed by atoms with E-state index in [0.29, 0.717) is 10.8 Å². The second-order valence-electron chi connectivity index (χ2n) is 5.75. The van der Waals surface area contributed by atoms with Gasteiger partial charge in [-0.15, -0.1) is 5.10 Å². The van der Waals surface area contributed by atoms with Crippen LogP contribution in [0.5, 0.6) is 0 Å². The van der Waals surface area contributed by atoms with Gasteiger partial charge in [0.15, 0.2) is 0 Å². The van der Waals surface area contributed by atoms with Crippen LogP contribution in [0.15, 0.2) is 71.1 Å². The van der Waals surface area contributed by atoms with Gasteiger partial charge < -0.3 is 9.52 Å². The van der Waals surface area contributed by atoms with Crippen LogP contribution in [-0.4, -0.2) is 27.2 Å². The van der Waals surface area contributed by atoms with E-state index in [0.717, 1.165) is 5.56 Å². The lowest BCUT2D eigenvalue weighted by molar-refractivity contribution is 0.0699. The number of aromatic nitrogens is 2. The number of hydrogen-bond acceptors (Lipinski definition) is 5. The van der Waals surface area contributed by atoms with Crippen LogP contribution in [0.2, 0.25) is 0 Å². The number of aromatic carboxylic acids is 1. The standard InChI is InChI=1S/C20H13N3O4/c24-17(21-20-23-22-18(27-20)13-6-2-1-3-7-13)14-10-4-8-12-9-5-11-15(16(12)14)19(25)26/h1-11H,(H,25,26)(H,21,23,24). The summed E-state index contributed by atoms with van der Waals surface area (Å²) in [5.41, 5.74) is 0.988. The lowest BCUT2D eigenvalue weighted by atomic mass is 9.99. The van der Waals surface area contributed by atoms with Crippen LogP contribution in [0, 0.1) is 0 Å². The van der Waals surface area contributed by atoms with E-state index in [2.05, 4.69) is 15.5 Å². The fraction of sp³-hybridized carbons (Fsp3) is 0. The van der Waals surface area contributed by atoms with Gasteiger partial charge in [0.05, 0.1) is 5.56 Å². The van der Waals surface area contributed by atoms with Gasteiger partial charge in [-0.05, 0) is 29.7 Å². The molecule has 0 saturated heterocycles. The fourth-order valence-electron chi connectivity index (χ4n) is 2.84. The number of nitrogens with one attached hydrogen (secondary N) is 1. The zero-order valence-corrected chi connectivity index (χ0v) is 13.9. The summed E-state index contributed by atoms with van der Waals surface area (Å²) in [6, 6.07) is 18.9. The van der Waals surface area contributed by atoms with Gasteiger partial charge in [0, 0.05) is 16.5 Å². The van der Waals surface area contributed by atoms with E-state index in [1.54, 1.807) is 30.3 Å². The number of hydrogen-bond donors (Lipinski definition) is 2. The minimum absolute atomic E-state index is 0.0498. The van der Waals surface area contributed by atoms with Crippen molar-refractivity contribution in [3.8, 4) is 11.5 Å². The maximum absolute atomic E-state index is 12.7. The summed E-state index contributed by atoms with van der Waals surface area (Å²) in [7, 11) is 0. The molecule has 1 aromatic heterocycles. The molecule has 7 nitrogen and oxygen atoms in total. The zero-order chi connectivity index (χ0) is 18.8.